The Labute approximate surface area is 224 Å². The predicted octanol–water partition coefficient (Wildman–Crippen LogP) is 0.189. The molecule has 0 aliphatic carbocycles. The number of carbonyl (C=O) groups is 6. The number of carboxylic acids is 6. The van der Waals surface area contributed by atoms with Crippen molar-refractivity contribution < 1.29 is 59.4 Å². The van der Waals surface area contributed by atoms with Crippen molar-refractivity contribution in [3.05, 3.63) is 0 Å². The van der Waals surface area contributed by atoms with Gasteiger partial charge in [-0.2, -0.15) is 0 Å². The molecule has 230 valence electrons. The summed E-state index contributed by atoms with van der Waals surface area (Å²) in [6.07, 6.45) is 4.63. The van der Waals surface area contributed by atoms with E-state index in [2.05, 4.69) is 10.6 Å². The summed E-state index contributed by atoms with van der Waals surface area (Å²) in [7, 11) is 0. The van der Waals surface area contributed by atoms with Crippen molar-refractivity contribution in [3.8, 4) is 0 Å². The Morgan fingerprint density at radius 2 is 0.553 bits per heavy atom. The molecule has 0 saturated carbocycles. The molecule has 0 amide bonds. The van der Waals surface area contributed by atoms with E-state index in [1.807, 2.05) is 0 Å². The maximum Gasteiger partial charge on any atom is 0.300 e. The average molecular weight is 563 g/mol. The fourth-order valence-corrected chi connectivity index (χ4v) is 1.20. The van der Waals surface area contributed by atoms with Gasteiger partial charge in [-0.25, -0.2) is 0 Å². The zero-order valence-electron chi connectivity index (χ0n) is 23.4. The summed E-state index contributed by atoms with van der Waals surface area (Å²) in [5.41, 5.74) is 10.8. The van der Waals surface area contributed by atoms with Crippen LogP contribution in [0.2, 0.25) is 0 Å². The molecule has 0 aromatic carbocycles. The summed E-state index contributed by atoms with van der Waals surface area (Å²) in [4.78, 5) is 54.0. The van der Waals surface area contributed by atoms with Crippen LogP contribution in [0.25, 0.3) is 0 Å². The van der Waals surface area contributed by atoms with Crippen molar-refractivity contribution in [2.24, 2.45) is 11.5 Å². The highest BCUT2D eigenvalue weighted by Gasteiger charge is 1.89. The number of unbranched alkanes of at least 4 members (excludes halogenated alkanes) is 1. The molecule has 16 heteroatoms. The molecule has 0 rings (SSSR count). The molecule has 0 spiro atoms. The number of rotatable bonds is 11. The molecule has 0 unspecified atom stereocenters. The standard InChI is InChI=1S/C10H26N4.6C2H4O2/c11-5-3-9-13-7-1-2-8-14-10-4-6-12;6*1-2(3)4/h13-14H,1-12H2;6*1H3,(H,3,4). The highest BCUT2D eigenvalue weighted by molar-refractivity contribution is 5.64. The first-order valence-electron chi connectivity index (χ1n) is 11.3. The molecule has 0 aliphatic heterocycles. The molecule has 12 N–H and O–H groups in total. The Hall–Kier alpha value is -3.34. The van der Waals surface area contributed by atoms with Crippen LogP contribution in [-0.2, 0) is 28.8 Å². The van der Waals surface area contributed by atoms with Gasteiger partial charge in [-0.05, 0) is 65.0 Å². The first kappa shape index (κ1) is 51.3. The summed E-state index contributed by atoms with van der Waals surface area (Å²) < 4.78 is 0. The molecule has 0 atom stereocenters. The topological polar surface area (TPSA) is 300 Å². The van der Waals surface area contributed by atoms with Crippen LogP contribution in [0.1, 0.15) is 67.2 Å². The van der Waals surface area contributed by atoms with Crippen LogP contribution in [0.3, 0.4) is 0 Å². The van der Waals surface area contributed by atoms with Gasteiger partial charge in [-0.1, -0.05) is 0 Å². The molecule has 0 aliphatic rings. The van der Waals surface area contributed by atoms with Crippen LogP contribution in [0.5, 0.6) is 0 Å². The van der Waals surface area contributed by atoms with Crippen LogP contribution < -0.4 is 22.1 Å². The molecule has 38 heavy (non-hydrogen) atoms. The van der Waals surface area contributed by atoms with Crippen molar-refractivity contribution in [1.82, 2.24) is 10.6 Å². The maximum atomic E-state index is 9.00. The Balaban J connectivity index is -0.0000000664. The van der Waals surface area contributed by atoms with E-state index in [4.69, 9.17) is 70.9 Å². The van der Waals surface area contributed by atoms with Crippen LogP contribution in [-0.4, -0.2) is 106 Å². The van der Waals surface area contributed by atoms with Crippen LogP contribution in [0.4, 0.5) is 0 Å². The van der Waals surface area contributed by atoms with E-state index < -0.39 is 35.8 Å². The van der Waals surface area contributed by atoms with E-state index in [0.29, 0.717) is 0 Å². The van der Waals surface area contributed by atoms with Crippen LogP contribution >= 0.6 is 0 Å². The van der Waals surface area contributed by atoms with E-state index in [-0.39, 0.29) is 0 Å². The molecule has 0 heterocycles. The van der Waals surface area contributed by atoms with Crippen LogP contribution in [0, 0.1) is 0 Å². The summed E-state index contributed by atoms with van der Waals surface area (Å²) in [5, 5.41) is 51.2. The fraction of sp³-hybridized carbons (Fsp3) is 0.727. The Bertz CT molecular complexity index is 433. The Kier molecular flexibility index (Phi) is 68.2. The number of hydrogen-bond acceptors (Lipinski definition) is 10. The third-order valence-corrected chi connectivity index (χ3v) is 2.07. The van der Waals surface area contributed by atoms with Gasteiger partial charge in [0.05, 0.1) is 0 Å². The smallest absolute Gasteiger partial charge is 0.300 e. The number of hydrogen-bond donors (Lipinski definition) is 10. The first-order chi connectivity index (χ1) is 17.3. The van der Waals surface area contributed by atoms with Gasteiger partial charge >= 0.3 is 0 Å². The van der Waals surface area contributed by atoms with Gasteiger partial charge in [0.2, 0.25) is 0 Å². The van der Waals surface area contributed by atoms with Crippen molar-refractivity contribution in [3.63, 3.8) is 0 Å². The van der Waals surface area contributed by atoms with E-state index in [1.165, 1.54) is 12.8 Å². The number of carboxylic acid groups (broad SMARTS) is 6. The van der Waals surface area contributed by atoms with Crippen molar-refractivity contribution >= 4 is 35.8 Å². The summed E-state index contributed by atoms with van der Waals surface area (Å²) in [6, 6.07) is 0. The van der Waals surface area contributed by atoms with Gasteiger partial charge in [-0.3, -0.25) is 28.8 Å². The fourth-order valence-electron chi connectivity index (χ4n) is 1.20. The second-order valence-electron chi connectivity index (χ2n) is 6.61. The average Bonchev–Trinajstić information content (AvgIpc) is 2.67. The van der Waals surface area contributed by atoms with Crippen molar-refractivity contribution in [2.75, 3.05) is 39.3 Å². The third-order valence-electron chi connectivity index (χ3n) is 2.07. The monoisotopic (exact) mass is 562 g/mol. The first-order valence-corrected chi connectivity index (χ1v) is 11.3. The summed E-state index contributed by atoms with van der Waals surface area (Å²) in [6.45, 7) is 12.4. The van der Waals surface area contributed by atoms with E-state index in [9.17, 15) is 0 Å². The quantitative estimate of drug-likeness (QED) is 0.150. The third kappa shape index (κ3) is 558. The van der Waals surface area contributed by atoms with Gasteiger partial charge in [0.1, 0.15) is 0 Å². The van der Waals surface area contributed by atoms with E-state index in [1.54, 1.807) is 0 Å². The molecule has 0 aromatic rings. The van der Waals surface area contributed by atoms with Gasteiger partial charge < -0.3 is 52.7 Å². The minimum Gasteiger partial charge on any atom is -0.481 e. The molecule has 0 saturated heterocycles. The molecule has 16 nitrogen and oxygen atoms in total. The number of nitrogens with two attached hydrogens (primary N) is 2. The van der Waals surface area contributed by atoms with Gasteiger partial charge in [0.25, 0.3) is 35.8 Å². The molecular formula is C22H50N4O12. The molecule has 0 aromatic heterocycles. The molecular weight excluding hydrogens is 512 g/mol. The van der Waals surface area contributed by atoms with E-state index in [0.717, 1.165) is 93.7 Å². The van der Waals surface area contributed by atoms with E-state index >= 15 is 0 Å². The SMILES string of the molecule is CC(=O)O.CC(=O)O.CC(=O)O.CC(=O)O.CC(=O)O.CC(=O)O.NCCCNCCCCNCCCN. The minimum atomic E-state index is -0.833. The predicted molar refractivity (Wildman–Crippen MR) is 142 cm³/mol. The second-order valence-corrected chi connectivity index (χ2v) is 6.61. The largest absolute Gasteiger partial charge is 0.481 e. The summed E-state index contributed by atoms with van der Waals surface area (Å²) in [5.74, 6) is -5.00. The Morgan fingerprint density at radius 1 is 0.421 bits per heavy atom. The highest BCUT2D eigenvalue weighted by Crippen LogP contribution is 1.85. The minimum absolute atomic E-state index is 0.785. The highest BCUT2D eigenvalue weighted by atomic mass is 16.4. The van der Waals surface area contributed by atoms with Crippen LogP contribution in [0.15, 0.2) is 0 Å². The summed E-state index contributed by atoms with van der Waals surface area (Å²) >= 11 is 0. The van der Waals surface area contributed by atoms with Gasteiger partial charge in [0, 0.05) is 41.5 Å². The normalized spacial score (nSPS) is 7.89. The molecule has 0 fully saturated rings. The van der Waals surface area contributed by atoms with Crippen molar-refractivity contribution in [2.45, 2.75) is 67.2 Å². The second kappa shape index (κ2) is 50.5. The number of aliphatic carboxylic acids is 6. The molecule has 0 bridgehead atoms. The molecule has 0 radical (unpaired) electrons. The zero-order valence-corrected chi connectivity index (χ0v) is 23.4. The maximum absolute atomic E-state index is 9.00. The lowest BCUT2D eigenvalue weighted by molar-refractivity contribution is -0.135. The van der Waals surface area contributed by atoms with Gasteiger partial charge in [0.15, 0.2) is 0 Å². The lowest BCUT2D eigenvalue weighted by Crippen LogP contribution is -2.22. The van der Waals surface area contributed by atoms with Gasteiger partial charge in [-0.15, -0.1) is 0 Å². The Morgan fingerprint density at radius 3 is 0.684 bits per heavy atom. The number of nitrogens with one attached hydrogen (secondary N) is 2. The zero-order chi connectivity index (χ0) is 31.9. The van der Waals surface area contributed by atoms with Crippen molar-refractivity contribution in [1.29, 1.82) is 0 Å². The lowest BCUT2D eigenvalue weighted by Gasteiger charge is -2.04. The lowest BCUT2D eigenvalue weighted by atomic mass is 10.3.